The van der Waals surface area contributed by atoms with Gasteiger partial charge < -0.3 is 0 Å². The van der Waals surface area contributed by atoms with Crippen LogP contribution < -0.4 is 0 Å². The van der Waals surface area contributed by atoms with Crippen LogP contribution in [0.15, 0.2) is 164 Å². The minimum atomic E-state index is 0.707. The van der Waals surface area contributed by atoms with Crippen LogP contribution in [-0.2, 0) is 0 Å². The van der Waals surface area contributed by atoms with E-state index < -0.39 is 0 Å². The molecule has 45 heavy (non-hydrogen) atoms. The van der Waals surface area contributed by atoms with Crippen LogP contribution in [0.3, 0.4) is 0 Å². The average Bonchev–Trinajstić information content (AvgIpc) is 3.57. The summed E-state index contributed by atoms with van der Waals surface area (Å²) in [5.74, 6) is 0.707. The number of fused-ring (bicyclic) bond motifs is 1. The molecule has 8 rings (SSSR count). The Bertz CT molecular complexity index is 2190. The van der Waals surface area contributed by atoms with Crippen molar-refractivity contribution >= 4 is 21.6 Å². The molecule has 0 fully saturated rings. The molecule has 3 nitrogen and oxygen atoms in total. The highest BCUT2D eigenvalue weighted by atomic mass is 32.1. The molecule has 2 heterocycles. The highest BCUT2D eigenvalue weighted by molar-refractivity contribution is 7.21. The van der Waals surface area contributed by atoms with Gasteiger partial charge in [-0.3, -0.25) is 0 Å². The van der Waals surface area contributed by atoms with Gasteiger partial charge in [0.2, 0.25) is 0 Å². The first-order chi connectivity index (χ1) is 22.3. The largest absolute Gasteiger partial charge is 0.236 e. The maximum absolute atomic E-state index is 5.22. The number of benzene rings is 6. The zero-order valence-electron chi connectivity index (χ0n) is 24.3. The minimum absolute atomic E-state index is 0.707. The molecule has 0 unspecified atom stereocenters. The smallest absolute Gasteiger partial charge is 0.160 e. The fraction of sp³-hybridized carbons (Fsp3) is 0. The number of rotatable bonds is 6. The molecule has 0 bridgehead atoms. The average molecular weight is 594 g/mol. The highest BCUT2D eigenvalue weighted by Crippen LogP contribution is 2.40. The van der Waals surface area contributed by atoms with E-state index in [1.165, 1.54) is 4.70 Å². The van der Waals surface area contributed by atoms with Gasteiger partial charge in [-0.2, -0.15) is 0 Å². The third kappa shape index (κ3) is 5.33. The van der Waals surface area contributed by atoms with Crippen LogP contribution in [0.2, 0.25) is 0 Å². The highest BCUT2D eigenvalue weighted by Gasteiger charge is 2.20. The Kier molecular flexibility index (Phi) is 7.02. The van der Waals surface area contributed by atoms with E-state index in [2.05, 4.69) is 127 Å². The Morgan fingerprint density at radius 1 is 0.333 bits per heavy atom. The maximum Gasteiger partial charge on any atom is 0.160 e. The second-order valence-corrected chi connectivity index (χ2v) is 11.9. The van der Waals surface area contributed by atoms with Crippen LogP contribution in [0, 0.1) is 0 Å². The number of hydrogen-bond acceptors (Lipinski definition) is 4. The van der Waals surface area contributed by atoms with Crippen LogP contribution >= 0.6 is 11.3 Å². The first kappa shape index (κ1) is 26.9. The summed E-state index contributed by atoms with van der Waals surface area (Å²) < 4.78 is 1.21. The molecule has 0 aliphatic rings. The Morgan fingerprint density at radius 3 is 1.36 bits per heavy atom. The van der Waals surface area contributed by atoms with Crippen LogP contribution in [0.25, 0.3) is 76.9 Å². The summed E-state index contributed by atoms with van der Waals surface area (Å²) in [5.41, 5.74) is 11.5. The molecule has 4 heteroatoms. The molecule has 0 saturated heterocycles. The molecule has 0 N–H and O–H groups in total. The lowest BCUT2D eigenvalue weighted by Crippen LogP contribution is -2.00. The van der Waals surface area contributed by atoms with E-state index in [9.17, 15) is 0 Å². The minimum Gasteiger partial charge on any atom is -0.236 e. The molecule has 0 amide bonds. The SMILES string of the molecule is c1ccc(-c2nc(-c3ccccc3)c(-c3ccccc3)c(-c3ccc(-c4ccc(-c5nc6ccccc6s5)cc4)cc3)n2)cc1. The van der Waals surface area contributed by atoms with Crippen molar-refractivity contribution in [2.24, 2.45) is 0 Å². The zero-order chi connectivity index (χ0) is 30.0. The van der Waals surface area contributed by atoms with Crippen molar-refractivity contribution < 1.29 is 0 Å². The third-order valence-electron chi connectivity index (χ3n) is 7.97. The van der Waals surface area contributed by atoms with Crippen molar-refractivity contribution in [1.82, 2.24) is 15.0 Å². The van der Waals surface area contributed by atoms with Crippen LogP contribution in [0.5, 0.6) is 0 Å². The molecule has 2 aromatic heterocycles. The Balaban J connectivity index is 1.22. The second-order valence-electron chi connectivity index (χ2n) is 10.9. The van der Waals surface area contributed by atoms with Gasteiger partial charge in [0.25, 0.3) is 0 Å². The van der Waals surface area contributed by atoms with Gasteiger partial charge in [0.15, 0.2) is 5.82 Å². The first-order valence-electron chi connectivity index (χ1n) is 15.0. The lowest BCUT2D eigenvalue weighted by Gasteiger charge is -2.17. The van der Waals surface area contributed by atoms with E-state index in [4.69, 9.17) is 15.0 Å². The van der Waals surface area contributed by atoms with Gasteiger partial charge in [-0.1, -0.05) is 152 Å². The van der Waals surface area contributed by atoms with Crippen molar-refractivity contribution in [3.63, 3.8) is 0 Å². The summed E-state index contributed by atoms with van der Waals surface area (Å²) in [6, 6.07) is 56.8. The summed E-state index contributed by atoms with van der Waals surface area (Å²) >= 11 is 1.73. The standard InChI is InChI=1S/C41H27N3S/c1-4-12-30(13-5-1)37-38(31-14-6-2-7-15-31)43-40(33-16-8-3-9-17-33)44-39(37)32-24-20-28(21-25-32)29-22-26-34(27-23-29)41-42-35-18-10-11-19-36(35)45-41/h1-27H. The van der Waals surface area contributed by atoms with Gasteiger partial charge in [-0.15, -0.1) is 11.3 Å². The maximum atomic E-state index is 5.22. The monoisotopic (exact) mass is 593 g/mol. The van der Waals surface area contributed by atoms with Crippen LogP contribution in [0.4, 0.5) is 0 Å². The molecule has 0 atom stereocenters. The van der Waals surface area contributed by atoms with E-state index in [1.807, 2.05) is 36.4 Å². The topological polar surface area (TPSA) is 38.7 Å². The van der Waals surface area contributed by atoms with E-state index in [0.29, 0.717) is 5.82 Å². The number of hydrogen-bond donors (Lipinski definition) is 0. The molecule has 0 radical (unpaired) electrons. The molecule has 0 aliphatic heterocycles. The fourth-order valence-electron chi connectivity index (χ4n) is 5.69. The predicted octanol–water partition coefficient (Wildman–Crippen LogP) is 11.1. The van der Waals surface area contributed by atoms with E-state index in [1.54, 1.807) is 11.3 Å². The van der Waals surface area contributed by atoms with Crippen molar-refractivity contribution in [1.29, 1.82) is 0 Å². The van der Waals surface area contributed by atoms with Crippen molar-refractivity contribution in [2.45, 2.75) is 0 Å². The molecular weight excluding hydrogens is 567 g/mol. The number of para-hydroxylation sites is 1. The lowest BCUT2D eigenvalue weighted by atomic mass is 9.93. The Hall–Kier alpha value is -5.71. The second kappa shape index (κ2) is 11.8. The molecule has 8 aromatic rings. The van der Waals surface area contributed by atoms with Crippen molar-refractivity contribution in [2.75, 3.05) is 0 Å². The molecule has 212 valence electrons. The number of nitrogens with zero attached hydrogens (tertiary/aromatic N) is 3. The normalized spacial score (nSPS) is 11.1. The molecule has 0 spiro atoms. The van der Waals surface area contributed by atoms with Gasteiger partial charge in [0.1, 0.15) is 5.01 Å². The summed E-state index contributed by atoms with van der Waals surface area (Å²) in [6.45, 7) is 0. The van der Waals surface area contributed by atoms with Gasteiger partial charge in [-0.05, 0) is 28.8 Å². The number of thiazole rings is 1. The molecular formula is C41H27N3S. The van der Waals surface area contributed by atoms with Gasteiger partial charge in [-0.25, -0.2) is 15.0 Å². The van der Waals surface area contributed by atoms with Gasteiger partial charge in [0.05, 0.1) is 21.6 Å². The van der Waals surface area contributed by atoms with E-state index >= 15 is 0 Å². The summed E-state index contributed by atoms with van der Waals surface area (Å²) in [4.78, 5) is 15.2. The van der Waals surface area contributed by atoms with Gasteiger partial charge in [0, 0.05) is 27.8 Å². The molecule has 0 saturated carbocycles. The molecule has 0 aliphatic carbocycles. The summed E-state index contributed by atoms with van der Waals surface area (Å²) in [6.07, 6.45) is 0. The lowest BCUT2D eigenvalue weighted by molar-refractivity contribution is 1.18. The first-order valence-corrected chi connectivity index (χ1v) is 15.8. The quantitative estimate of drug-likeness (QED) is 0.192. The van der Waals surface area contributed by atoms with Crippen LogP contribution in [-0.4, -0.2) is 15.0 Å². The van der Waals surface area contributed by atoms with Crippen molar-refractivity contribution in [3.05, 3.63) is 164 Å². The number of aromatic nitrogens is 3. The fourth-order valence-corrected chi connectivity index (χ4v) is 6.66. The molecule has 6 aromatic carbocycles. The Labute approximate surface area is 266 Å². The Morgan fingerprint density at radius 2 is 0.778 bits per heavy atom. The van der Waals surface area contributed by atoms with E-state index in [0.717, 1.165) is 66.4 Å². The zero-order valence-corrected chi connectivity index (χ0v) is 25.2. The summed E-state index contributed by atoms with van der Waals surface area (Å²) in [7, 11) is 0. The van der Waals surface area contributed by atoms with E-state index in [-0.39, 0.29) is 0 Å². The third-order valence-corrected chi connectivity index (χ3v) is 9.05. The van der Waals surface area contributed by atoms with Gasteiger partial charge >= 0.3 is 0 Å². The summed E-state index contributed by atoms with van der Waals surface area (Å²) in [5, 5.41) is 1.04. The van der Waals surface area contributed by atoms with Crippen LogP contribution in [0.1, 0.15) is 0 Å². The predicted molar refractivity (Wildman–Crippen MR) is 188 cm³/mol. The van der Waals surface area contributed by atoms with Crippen molar-refractivity contribution in [3.8, 4) is 66.7 Å².